The SMILES string of the molecule is CC1C=CC(c2cc(-c3ccccc3)cc(-c3ccc(C4C5CC54)cc3)c2)=CC1. The molecule has 0 N–H and O–H groups in total. The van der Waals surface area contributed by atoms with Crippen LogP contribution in [0.25, 0.3) is 27.8 Å². The molecular weight excluding hydrogens is 348 g/mol. The number of benzene rings is 3. The van der Waals surface area contributed by atoms with Crippen molar-refractivity contribution in [1.82, 2.24) is 0 Å². The van der Waals surface area contributed by atoms with Crippen molar-refractivity contribution in [1.29, 1.82) is 0 Å². The molecule has 0 heterocycles. The lowest BCUT2D eigenvalue weighted by molar-refractivity contribution is 0.739. The highest BCUT2D eigenvalue weighted by molar-refractivity contribution is 5.83. The van der Waals surface area contributed by atoms with Gasteiger partial charge in [0.15, 0.2) is 0 Å². The number of hydrogen-bond donors (Lipinski definition) is 0. The van der Waals surface area contributed by atoms with Crippen molar-refractivity contribution in [2.24, 2.45) is 17.8 Å². The van der Waals surface area contributed by atoms with Gasteiger partial charge in [-0.1, -0.05) is 79.7 Å². The Labute approximate surface area is 173 Å². The first-order valence-electron chi connectivity index (χ1n) is 11.0. The van der Waals surface area contributed by atoms with Crippen LogP contribution < -0.4 is 0 Å². The second-order valence-electron chi connectivity index (χ2n) is 9.11. The largest absolute Gasteiger partial charge is 0.0808 e. The van der Waals surface area contributed by atoms with Gasteiger partial charge in [-0.2, -0.15) is 0 Å². The van der Waals surface area contributed by atoms with Gasteiger partial charge in [-0.25, -0.2) is 0 Å². The molecule has 0 amide bonds. The smallest absolute Gasteiger partial charge is 0.00993 e. The Balaban J connectivity index is 1.41. The Hall–Kier alpha value is -2.86. The summed E-state index contributed by atoms with van der Waals surface area (Å²) in [6.45, 7) is 2.28. The van der Waals surface area contributed by atoms with E-state index in [9.17, 15) is 0 Å². The van der Waals surface area contributed by atoms with E-state index < -0.39 is 0 Å². The zero-order chi connectivity index (χ0) is 19.4. The normalized spacial score (nSPS) is 26.6. The lowest BCUT2D eigenvalue weighted by Crippen LogP contribution is -1.95. The first-order valence-corrected chi connectivity index (χ1v) is 11.0. The number of hydrogen-bond acceptors (Lipinski definition) is 0. The molecule has 29 heavy (non-hydrogen) atoms. The van der Waals surface area contributed by atoms with E-state index in [4.69, 9.17) is 0 Å². The minimum absolute atomic E-state index is 0.636. The minimum atomic E-state index is 0.636. The van der Waals surface area contributed by atoms with Crippen LogP contribution in [0.2, 0.25) is 0 Å². The molecule has 0 nitrogen and oxygen atoms in total. The second-order valence-corrected chi connectivity index (χ2v) is 9.11. The van der Waals surface area contributed by atoms with Crippen molar-refractivity contribution >= 4 is 5.57 Å². The van der Waals surface area contributed by atoms with Gasteiger partial charge in [-0.3, -0.25) is 0 Å². The molecule has 2 fully saturated rings. The molecule has 0 radical (unpaired) electrons. The summed E-state index contributed by atoms with van der Waals surface area (Å²) in [4.78, 5) is 0. The molecule has 2 saturated carbocycles. The van der Waals surface area contributed by atoms with E-state index in [0.29, 0.717) is 5.92 Å². The molecule has 3 aromatic rings. The maximum atomic E-state index is 2.39. The maximum absolute atomic E-state index is 2.39. The first kappa shape index (κ1) is 17.0. The van der Waals surface area contributed by atoms with Gasteiger partial charge >= 0.3 is 0 Å². The summed E-state index contributed by atoms with van der Waals surface area (Å²) in [6.07, 6.45) is 9.61. The summed E-state index contributed by atoms with van der Waals surface area (Å²) >= 11 is 0. The maximum Gasteiger partial charge on any atom is -0.00993 e. The van der Waals surface area contributed by atoms with Gasteiger partial charge in [0.1, 0.15) is 0 Å². The fraction of sp³-hybridized carbons (Fsp3) is 0.241. The van der Waals surface area contributed by atoms with Gasteiger partial charge in [0.2, 0.25) is 0 Å². The van der Waals surface area contributed by atoms with Gasteiger partial charge in [-0.15, -0.1) is 0 Å². The van der Waals surface area contributed by atoms with Crippen molar-refractivity contribution in [2.45, 2.75) is 25.7 Å². The fourth-order valence-electron chi connectivity index (χ4n) is 4.87. The third kappa shape index (κ3) is 3.17. The van der Waals surface area contributed by atoms with Crippen LogP contribution in [0.15, 0.2) is 91.0 Å². The van der Waals surface area contributed by atoms with Crippen LogP contribution in [-0.2, 0) is 0 Å². The molecule has 6 rings (SSSR count). The molecule has 142 valence electrons. The molecule has 0 heteroatoms. The minimum Gasteiger partial charge on any atom is -0.0808 e. The zero-order valence-electron chi connectivity index (χ0n) is 16.9. The summed E-state index contributed by atoms with van der Waals surface area (Å²) in [6, 6.07) is 27.2. The van der Waals surface area contributed by atoms with E-state index in [0.717, 1.165) is 24.2 Å². The molecule has 3 atom stereocenters. The quantitative estimate of drug-likeness (QED) is 0.438. The molecule has 0 saturated heterocycles. The molecule has 0 aromatic heterocycles. The zero-order valence-corrected chi connectivity index (χ0v) is 16.9. The predicted molar refractivity (Wildman–Crippen MR) is 123 cm³/mol. The Morgan fingerprint density at radius 1 is 0.690 bits per heavy atom. The highest BCUT2D eigenvalue weighted by Crippen LogP contribution is 2.73. The number of rotatable bonds is 4. The Morgan fingerprint density at radius 3 is 1.93 bits per heavy atom. The number of fused-ring (bicyclic) bond motifs is 1. The van der Waals surface area contributed by atoms with Crippen LogP contribution >= 0.6 is 0 Å². The Bertz CT molecular complexity index is 1110. The molecule has 3 aliphatic carbocycles. The highest BCUT2D eigenvalue weighted by atomic mass is 14.7. The first-order chi connectivity index (χ1) is 14.3. The van der Waals surface area contributed by atoms with Crippen molar-refractivity contribution < 1.29 is 0 Å². The average Bonchev–Trinajstić information content (AvgIpc) is 3.68. The predicted octanol–water partition coefficient (Wildman–Crippen LogP) is 7.73. The second kappa shape index (κ2) is 6.59. The average molecular weight is 375 g/mol. The third-order valence-corrected chi connectivity index (χ3v) is 6.99. The van der Waals surface area contributed by atoms with E-state index >= 15 is 0 Å². The van der Waals surface area contributed by atoms with E-state index in [2.05, 4.69) is 97.9 Å². The van der Waals surface area contributed by atoms with E-state index in [1.54, 1.807) is 5.56 Å². The van der Waals surface area contributed by atoms with Gasteiger partial charge in [0.25, 0.3) is 0 Å². The molecule has 0 bridgehead atoms. The van der Waals surface area contributed by atoms with Gasteiger partial charge in [0, 0.05) is 0 Å². The standard InChI is InChI=1S/C29H26/c1-19-7-9-21(10-8-19)25-15-24(20-5-3-2-4-6-20)16-26(17-25)22-11-13-23(14-12-22)29-27-18-28(27)29/h2-7,9-17,19,27-29H,8,18H2,1H3. The van der Waals surface area contributed by atoms with Crippen LogP contribution in [0.1, 0.15) is 36.8 Å². The molecule has 0 spiro atoms. The van der Waals surface area contributed by atoms with E-state index in [-0.39, 0.29) is 0 Å². The van der Waals surface area contributed by atoms with Crippen LogP contribution in [0.4, 0.5) is 0 Å². The third-order valence-electron chi connectivity index (χ3n) is 6.99. The molecule has 0 aliphatic heterocycles. The van der Waals surface area contributed by atoms with Crippen LogP contribution in [0.3, 0.4) is 0 Å². The molecule has 3 aliphatic rings. The monoisotopic (exact) mass is 374 g/mol. The molecule has 3 unspecified atom stereocenters. The van der Waals surface area contributed by atoms with Crippen molar-refractivity contribution in [3.05, 3.63) is 102 Å². The lowest BCUT2D eigenvalue weighted by Gasteiger charge is -2.15. The van der Waals surface area contributed by atoms with Gasteiger partial charge < -0.3 is 0 Å². The van der Waals surface area contributed by atoms with Gasteiger partial charge in [0.05, 0.1) is 0 Å². The summed E-state index contributed by atoms with van der Waals surface area (Å²) in [5, 5.41) is 0. The van der Waals surface area contributed by atoms with E-state index in [1.807, 2.05) is 0 Å². The summed E-state index contributed by atoms with van der Waals surface area (Å²) in [7, 11) is 0. The van der Waals surface area contributed by atoms with Crippen molar-refractivity contribution in [3.8, 4) is 22.3 Å². The molecule has 3 aromatic carbocycles. The van der Waals surface area contributed by atoms with Crippen molar-refractivity contribution in [3.63, 3.8) is 0 Å². The van der Waals surface area contributed by atoms with E-state index in [1.165, 1.54) is 39.8 Å². The molecular formula is C29H26. The fourth-order valence-corrected chi connectivity index (χ4v) is 4.87. The highest BCUT2D eigenvalue weighted by Gasteiger charge is 2.64. The summed E-state index contributed by atoms with van der Waals surface area (Å²) < 4.78 is 0. The number of allylic oxidation sites excluding steroid dienone is 4. The topological polar surface area (TPSA) is 0 Å². The van der Waals surface area contributed by atoms with Crippen LogP contribution in [-0.4, -0.2) is 0 Å². The van der Waals surface area contributed by atoms with Crippen LogP contribution in [0.5, 0.6) is 0 Å². The Kier molecular flexibility index (Phi) is 3.87. The summed E-state index contributed by atoms with van der Waals surface area (Å²) in [5.41, 5.74) is 9.39. The summed E-state index contributed by atoms with van der Waals surface area (Å²) in [5.74, 6) is 3.54. The van der Waals surface area contributed by atoms with Crippen LogP contribution in [0, 0.1) is 17.8 Å². The lowest BCUT2D eigenvalue weighted by atomic mass is 9.89. The Morgan fingerprint density at radius 2 is 1.34 bits per heavy atom. The van der Waals surface area contributed by atoms with Gasteiger partial charge in [-0.05, 0) is 93.7 Å². The van der Waals surface area contributed by atoms with Crippen molar-refractivity contribution in [2.75, 3.05) is 0 Å².